The predicted molar refractivity (Wildman–Crippen MR) is 46.1 cm³/mol. The molecule has 2 nitrogen and oxygen atoms in total. The smallest absolute Gasteiger partial charge is 0.303 e. The van der Waals surface area contributed by atoms with E-state index in [1.807, 2.05) is 0 Å². The summed E-state index contributed by atoms with van der Waals surface area (Å²) in [6.45, 7) is 4.32. The number of esters is 1. The molecule has 0 spiro atoms. The van der Waals surface area contributed by atoms with Crippen LogP contribution in [0.2, 0.25) is 0 Å². The van der Waals surface area contributed by atoms with E-state index in [2.05, 4.69) is 0 Å². The van der Waals surface area contributed by atoms with Gasteiger partial charge in [0.05, 0.1) is 0 Å². The molecule has 5 heteroatoms. The number of hydrogen-bond donors (Lipinski definition) is 0. The van der Waals surface area contributed by atoms with Crippen LogP contribution in [0.5, 0.6) is 0 Å². The van der Waals surface area contributed by atoms with Crippen LogP contribution in [0.15, 0.2) is 0 Å². The summed E-state index contributed by atoms with van der Waals surface area (Å²) in [6.07, 6.45) is 0. The summed E-state index contributed by atoms with van der Waals surface area (Å²) in [7, 11) is 0. The molecule has 0 aromatic heterocycles. The van der Waals surface area contributed by atoms with Gasteiger partial charge in [0.1, 0.15) is 0 Å². The van der Waals surface area contributed by atoms with Crippen molar-refractivity contribution in [3.63, 3.8) is 0 Å². The molecule has 0 saturated heterocycles. The Balaban J connectivity index is 4.34. The zero-order valence-corrected chi connectivity index (χ0v) is 8.72. The Morgan fingerprint density at radius 2 is 1.64 bits per heavy atom. The number of alkyl halides is 3. The summed E-state index contributed by atoms with van der Waals surface area (Å²) >= 11 is 16.6. The second-order valence-electron chi connectivity index (χ2n) is 2.60. The first-order valence-electron chi connectivity index (χ1n) is 2.93. The van der Waals surface area contributed by atoms with Gasteiger partial charge in [-0.05, 0) is 13.8 Å². The molecule has 66 valence electrons. The van der Waals surface area contributed by atoms with Gasteiger partial charge in [-0.15, -0.1) is 0 Å². The summed E-state index contributed by atoms with van der Waals surface area (Å²) in [4.78, 5) is 10.5. The third-order valence-electron chi connectivity index (χ3n) is 1.08. The molecule has 11 heavy (non-hydrogen) atoms. The Morgan fingerprint density at radius 3 is 1.73 bits per heavy atom. The van der Waals surface area contributed by atoms with Gasteiger partial charge in [0.15, 0.2) is 5.60 Å². The fourth-order valence-electron chi connectivity index (χ4n) is 0.417. The second-order valence-corrected chi connectivity index (χ2v) is 4.88. The number of rotatable bonds is 1. The van der Waals surface area contributed by atoms with Crippen molar-refractivity contribution in [1.82, 2.24) is 0 Å². The van der Waals surface area contributed by atoms with Crippen LogP contribution in [0.1, 0.15) is 20.8 Å². The van der Waals surface area contributed by atoms with Gasteiger partial charge in [0.2, 0.25) is 3.79 Å². The number of carbonyl (C=O) groups excluding carboxylic acids is 1. The molecule has 0 radical (unpaired) electrons. The second kappa shape index (κ2) is 3.38. The molecule has 0 atom stereocenters. The van der Waals surface area contributed by atoms with Gasteiger partial charge < -0.3 is 4.74 Å². The molecule has 0 aliphatic rings. The number of halogens is 3. The lowest BCUT2D eigenvalue weighted by atomic mass is 10.2. The summed E-state index contributed by atoms with van der Waals surface area (Å²) in [5.74, 6) is -0.471. The van der Waals surface area contributed by atoms with Crippen LogP contribution in [0.3, 0.4) is 0 Å². The maximum atomic E-state index is 10.5. The zero-order valence-electron chi connectivity index (χ0n) is 6.45. The number of carbonyl (C=O) groups is 1. The van der Waals surface area contributed by atoms with E-state index < -0.39 is 15.4 Å². The summed E-state index contributed by atoms with van der Waals surface area (Å²) in [6, 6.07) is 0. The molecule has 0 N–H and O–H groups in total. The highest BCUT2D eigenvalue weighted by molar-refractivity contribution is 6.68. The molecule has 0 amide bonds. The largest absolute Gasteiger partial charge is 0.455 e. The highest BCUT2D eigenvalue weighted by Crippen LogP contribution is 2.40. The summed E-state index contributed by atoms with van der Waals surface area (Å²) in [5, 5.41) is 0. The van der Waals surface area contributed by atoms with Gasteiger partial charge >= 0.3 is 5.97 Å². The van der Waals surface area contributed by atoms with Crippen molar-refractivity contribution in [3.8, 4) is 0 Å². The Morgan fingerprint density at radius 1 is 1.27 bits per heavy atom. The van der Waals surface area contributed by atoms with Gasteiger partial charge in [0.25, 0.3) is 0 Å². The Hall–Kier alpha value is 0.340. The number of hydrogen-bond acceptors (Lipinski definition) is 2. The average Bonchev–Trinajstić information content (AvgIpc) is 1.56. The molecular weight excluding hydrogens is 210 g/mol. The SMILES string of the molecule is CC(=O)OC(C)(C)C(Cl)(Cl)Cl. The molecule has 0 rings (SSSR count). The van der Waals surface area contributed by atoms with Gasteiger partial charge in [-0.2, -0.15) is 0 Å². The minimum Gasteiger partial charge on any atom is -0.455 e. The third kappa shape index (κ3) is 3.50. The topological polar surface area (TPSA) is 26.3 Å². The van der Waals surface area contributed by atoms with Gasteiger partial charge in [-0.3, -0.25) is 4.79 Å². The van der Waals surface area contributed by atoms with E-state index >= 15 is 0 Å². The highest BCUT2D eigenvalue weighted by Gasteiger charge is 2.43. The first kappa shape index (κ1) is 11.3. The van der Waals surface area contributed by atoms with E-state index in [1.54, 1.807) is 0 Å². The Kier molecular flexibility index (Phi) is 3.48. The van der Waals surface area contributed by atoms with E-state index in [9.17, 15) is 4.79 Å². The minimum atomic E-state index is -1.60. The van der Waals surface area contributed by atoms with Crippen LogP contribution in [-0.2, 0) is 9.53 Å². The monoisotopic (exact) mass is 218 g/mol. The molecule has 0 bridgehead atoms. The van der Waals surface area contributed by atoms with Gasteiger partial charge in [-0.1, -0.05) is 34.8 Å². The van der Waals surface area contributed by atoms with Crippen molar-refractivity contribution in [2.75, 3.05) is 0 Å². The fourth-order valence-corrected chi connectivity index (χ4v) is 0.533. The molecule has 0 unspecified atom stereocenters. The van der Waals surface area contributed by atoms with E-state index in [0.717, 1.165) is 0 Å². The van der Waals surface area contributed by atoms with E-state index in [0.29, 0.717) is 0 Å². The first-order chi connectivity index (χ1) is 4.67. The fraction of sp³-hybridized carbons (Fsp3) is 0.833. The maximum absolute atomic E-state index is 10.5. The van der Waals surface area contributed by atoms with Crippen LogP contribution >= 0.6 is 34.8 Å². The van der Waals surface area contributed by atoms with Crippen LogP contribution < -0.4 is 0 Å². The molecule has 0 aromatic rings. The molecule has 0 fully saturated rings. The van der Waals surface area contributed by atoms with Gasteiger partial charge in [0, 0.05) is 6.92 Å². The predicted octanol–water partition coefficient (Wildman–Crippen LogP) is 2.70. The molecule has 0 aliphatic carbocycles. The molecule has 0 aliphatic heterocycles. The van der Waals surface area contributed by atoms with Crippen LogP contribution in [-0.4, -0.2) is 15.4 Å². The van der Waals surface area contributed by atoms with Crippen molar-refractivity contribution in [1.29, 1.82) is 0 Å². The van der Waals surface area contributed by atoms with Crippen LogP contribution in [0, 0.1) is 0 Å². The Labute approximate surface area is 80.7 Å². The van der Waals surface area contributed by atoms with E-state index in [1.165, 1.54) is 20.8 Å². The van der Waals surface area contributed by atoms with Crippen molar-refractivity contribution in [2.24, 2.45) is 0 Å². The third-order valence-corrected chi connectivity index (χ3v) is 2.45. The van der Waals surface area contributed by atoms with Crippen LogP contribution in [0.4, 0.5) is 0 Å². The van der Waals surface area contributed by atoms with Crippen LogP contribution in [0.25, 0.3) is 0 Å². The normalized spacial score (nSPS) is 12.9. The van der Waals surface area contributed by atoms with Gasteiger partial charge in [-0.25, -0.2) is 0 Å². The molecule has 0 heterocycles. The molecular formula is C6H9Cl3O2. The standard InChI is InChI=1S/C6H9Cl3O2/c1-4(10)11-5(2,3)6(7,8)9/h1-3H3. The van der Waals surface area contributed by atoms with Crippen molar-refractivity contribution < 1.29 is 9.53 Å². The lowest BCUT2D eigenvalue weighted by Crippen LogP contribution is -2.40. The summed E-state index contributed by atoms with van der Waals surface area (Å²) < 4.78 is 3.17. The van der Waals surface area contributed by atoms with E-state index in [4.69, 9.17) is 39.5 Å². The lowest BCUT2D eigenvalue weighted by Gasteiger charge is -2.31. The summed E-state index contributed by atoms with van der Waals surface area (Å²) in [5.41, 5.74) is -1.09. The van der Waals surface area contributed by atoms with Crippen molar-refractivity contribution in [3.05, 3.63) is 0 Å². The zero-order chi connectivity index (χ0) is 9.28. The quantitative estimate of drug-likeness (QED) is 0.501. The molecule has 0 aromatic carbocycles. The maximum Gasteiger partial charge on any atom is 0.303 e. The average molecular weight is 219 g/mol. The molecule has 0 saturated carbocycles. The lowest BCUT2D eigenvalue weighted by molar-refractivity contribution is -0.153. The Bertz CT molecular complexity index is 160. The van der Waals surface area contributed by atoms with Crippen molar-refractivity contribution >= 4 is 40.8 Å². The van der Waals surface area contributed by atoms with E-state index in [-0.39, 0.29) is 0 Å². The minimum absolute atomic E-state index is 0.471. The highest BCUT2D eigenvalue weighted by atomic mass is 35.6. The first-order valence-corrected chi connectivity index (χ1v) is 4.06. The number of ether oxygens (including phenoxy) is 1. The van der Waals surface area contributed by atoms with Crippen molar-refractivity contribution in [2.45, 2.75) is 30.2 Å².